The molecule has 0 fully saturated rings. The summed E-state index contributed by atoms with van der Waals surface area (Å²) in [6.45, 7) is 0. The van der Waals surface area contributed by atoms with Crippen molar-refractivity contribution in [2.75, 3.05) is 7.11 Å². The molecule has 0 bridgehead atoms. The Labute approximate surface area is 107 Å². The molecule has 0 radical (unpaired) electrons. The first-order chi connectivity index (χ1) is 8.01. The summed E-state index contributed by atoms with van der Waals surface area (Å²) >= 11 is 11.3. The Morgan fingerprint density at radius 1 is 1.59 bits per heavy atom. The molecule has 0 N–H and O–H groups in total. The molecule has 1 heterocycles. The number of carbonyl (C=O) groups excluding carboxylic acids is 1. The van der Waals surface area contributed by atoms with Crippen LogP contribution in [0.3, 0.4) is 0 Å². The fraction of sp³-hybridized carbons (Fsp3) is 0.400. The van der Waals surface area contributed by atoms with Crippen LogP contribution in [0, 0.1) is 0 Å². The topological polar surface area (TPSA) is 39.2 Å². The number of aromatic nitrogens is 1. The number of carbonyl (C=O) groups is 1. The highest BCUT2D eigenvalue weighted by Gasteiger charge is 2.21. The second-order valence-corrected chi connectivity index (χ2v) is 3.79. The lowest BCUT2D eigenvalue weighted by Gasteiger charge is -2.11. The molecule has 1 aromatic heterocycles. The van der Waals surface area contributed by atoms with Gasteiger partial charge < -0.3 is 4.74 Å². The van der Waals surface area contributed by atoms with Crippen molar-refractivity contribution in [3.63, 3.8) is 0 Å². The number of pyridine rings is 1. The van der Waals surface area contributed by atoms with E-state index >= 15 is 0 Å². The molecule has 0 saturated heterocycles. The highest BCUT2D eigenvalue weighted by Crippen LogP contribution is 2.32. The number of ether oxygens (including phenoxy) is 1. The summed E-state index contributed by atoms with van der Waals surface area (Å²) < 4.78 is 30.0. The van der Waals surface area contributed by atoms with Crippen molar-refractivity contribution in [3.05, 3.63) is 28.0 Å². The lowest BCUT2D eigenvalue weighted by molar-refractivity contribution is -0.139. The quantitative estimate of drug-likeness (QED) is 0.630. The van der Waals surface area contributed by atoms with Crippen molar-refractivity contribution >= 4 is 29.2 Å². The lowest BCUT2D eigenvalue weighted by atomic mass is 10.1. The molecule has 94 valence electrons. The largest absolute Gasteiger partial charge is 0.469 e. The average molecular weight is 284 g/mol. The SMILES string of the molecule is COC(=O)Cc1cnc(CCl)c(C(F)F)c1Cl. The Bertz CT molecular complexity index is 427. The zero-order valence-electron chi connectivity index (χ0n) is 8.84. The van der Waals surface area contributed by atoms with Crippen molar-refractivity contribution in [1.29, 1.82) is 0 Å². The second-order valence-electron chi connectivity index (χ2n) is 3.15. The molecule has 0 amide bonds. The van der Waals surface area contributed by atoms with Crippen molar-refractivity contribution in [3.8, 4) is 0 Å². The Morgan fingerprint density at radius 3 is 2.71 bits per heavy atom. The maximum atomic E-state index is 12.8. The summed E-state index contributed by atoms with van der Waals surface area (Å²) in [6.07, 6.45) is -1.74. The summed E-state index contributed by atoms with van der Waals surface area (Å²) in [4.78, 5) is 14.8. The predicted octanol–water partition coefficient (Wildman–Crippen LogP) is 3.13. The minimum Gasteiger partial charge on any atom is -0.469 e. The summed E-state index contributed by atoms with van der Waals surface area (Å²) in [7, 11) is 1.20. The number of hydrogen-bond acceptors (Lipinski definition) is 3. The summed E-state index contributed by atoms with van der Waals surface area (Å²) in [5.41, 5.74) is -0.217. The molecular weight excluding hydrogens is 275 g/mol. The van der Waals surface area contributed by atoms with Gasteiger partial charge >= 0.3 is 5.97 Å². The van der Waals surface area contributed by atoms with Gasteiger partial charge in [0.1, 0.15) is 0 Å². The van der Waals surface area contributed by atoms with Gasteiger partial charge in [-0.1, -0.05) is 11.6 Å². The monoisotopic (exact) mass is 283 g/mol. The van der Waals surface area contributed by atoms with Crippen LogP contribution < -0.4 is 0 Å². The number of halogens is 4. The Morgan fingerprint density at radius 2 is 2.24 bits per heavy atom. The normalized spacial score (nSPS) is 10.7. The first kappa shape index (κ1) is 14.1. The summed E-state index contributed by atoms with van der Waals surface area (Å²) in [5.74, 6) is -0.745. The molecule has 0 aliphatic carbocycles. The van der Waals surface area contributed by atoms with E-state index in [4.69, 9.17) is 23.2 Å². The number of alkyl halides is 3. The van der Waals surface area contributed by atoms with Gasteiger partial charge in [-0.15, -0.1) is 11.6 Å². The molecule has 7 heteroatoms. The molecule has 1 rings (SSSR count). The van der Waals surface area contributed by atoms with Crippen LogP contribution in [-0.2, 0) is 21.8 Å². The zero-order valence-corrected chi connectivity index (χ0v) is 10.4. The predicted molar refractivity (Wildman–Crippen MR) is 59.5 cm³/mol. The average Bonchev–Trinajstić information content (AvgIpc) is 2.30. The Kier molecular flexibility index (Phi) is 5.08. The van der Waals surface area contributed by atoms with Gasteiger partial charge in [-0.2, -0.15) is 0 Å². The summed E-state index contributed by atoms with van der Waals surface area (Å²) in [5, 5.41) is -0.184. The van der Waals surface area contributed by atoms with Gasteiger partial charge in [-0.05, 0) is 0 Å². The van der Waals surface area contributed by atoms with Crippen LogP contribution in [0.25, 0.3) is 0 Å². The van der Waals surface area contributed by atoms with Crippen LogP contribution in [0.4, 0.5) is 8.78 Å². The first-order valence-electron chi connectivity index (χ1n) is 4.58. The standard InChI is InChI=1S/C10H9Cl2F2NO2/c1-17-7(16)2-5-4-15-6(3-11)8(9(5)12)10(13)14/h4,10H,2-3H2,1H3. The molecule has 0 saturated carbocycles. The molecule has 0 spiro atoms. The maximum Gasteiger partial charge on any atom is 0.310 e. The van der Waals surface area contributed by atoms with Crippen molar-refractivity contribution in [2.24, 2.45) is 0 Å². The summed E-state index contributed by atoms with van der Waals surface area (Å²) in [6, 6.07) is 0. The highest BCUT2D eigenvalue weighted by molar-refractivity contribution is 6.32. The van der Waals surface area contributed by atoms with E-state index in [9.17, 15) is 13.6 Å². The van der Waals surface area contributed by atoms with E-state index in [1.54, 1.807) is 0 Å². The minimum absolute atomic E-state index is 0.0142. The van der Waals surface area contributed by atoms with Gasteiger partial charge in [0.15, 0.2) is 0 Å². The Hall–Kier alpha value is -0.940. The molecule has 3 nitrogen and oxygen atoms in total. The van der Waals surface area contributed by atoms with Gasteiger partial charge in [0.2, 0.25) is 0 Å². The molecule has 0 unspecified atom stereocenters. The number of esters is 1. The van der Waals surface area contributed by atoms with E-state index in [1.165, 1.54) is 13.3 Å². The van der Waals surface area contributed by atoms with Gasteiger partial charge in [-0.3, -0.25) is 9.78 Å². The van der Waals surface area contributed by atoms with Crippen LogP contribution in [0.15, 0.2) is 6.20 Å². The minimum atomic E-state index is -2.79. The molecular formula is C10H9Cl2F2NO2. The van der Waals surface area contributed by atoms with Crippen LogP contribution in [0.2, 0.25) is 5.02 Å². The smallest absolute Gasteiger partial charge is 0.310 e. The molecule has 0 atom stereocenters. The molecule has 0 aromatic carbocycles. The van der Waals surface area contributed by atoms with Crippen molar-refractivity contribution in [1.82, 2.24) is 4.98 Å². The third kappa shape index (κ3) is 3.26. The van der Waals surface area contributed by atoms with Crippen LogP contribution in [-0.4, -0.2) is 18.1 Å². The van der Waals surface area contributed by atoms with Crippen molar-refractivity contribution in [2.45, 2.75) is 18.7 Å². The number of methoxy groups -OCH3 is 1. The second kappa shape index (κ2) is 6.12. The fourth-order valence-corrected chi connectivity index (χ4v) is 1.78. The lowest BCUT2D eigenvalue weighted by Crippen LogP contribution is -2.08. The van der Waals surface area contributed by atoms with E-state index in [0.29, 0.717) is 0 Å². The number of rotatable bonds is 4. The van der Waals surface area contributed by atoms with Gasteiger partial charge in [0.25, 0.3) is 6.43 Å². The van der Waals surface area contributed by atoms with E-state index in [-0.39, 0.29) is 28.6 Å². The van der Waals surface area contributed by atoms with E-state index in [0.717, 1.165) is 0 Å². The first-order valence-corrected chi connectivity index (χ1v) is 5.49. The van der Waals surface area contributed by atoms with Gasteiger partial charge in [-0.25, -0.2) is 8.78 Å². The third-order valence-corrected chi connectivity index (χ3v) is 2.81. The maximum absolute atomic E-state index is 12.8. The zero-order chi connectivity index (χ0) is 13.0. The van der Waals surface area contributed by atoms with Crippen LogP contribution >= 0.6 is 23.2 Å². The number of nitrogens with zero attached hydrogens (tertiary/aromatic N) is 1. The molecule has 0 aliphatic heterocycles. The Balaban J connectivity index is 3.18. The van der Waals surface area contributed by atoms with Gasteiger partial charge in [0, 0.05) is 11.8 Å². The van der Waals surface area contributed by atoms with E-state index in [2.05, 4.69) is 9.72 Å². The number of hydrogen-bond donors (Lipinski definition) is 0. The fourth-order valence-electron chi connectivity index (χ4n) is 1.26. The molecule has 0 aliphatic rings. The molecule has 17 heavy (non-hydrogen) atoms. The van der Waals surface area contributed by atoms with Gasteiger partial charge in [0.05, 0.1) is 35.7 Å². The third-order valence-electron chi connectivity index (χ3n) is 2.11. The van der Waals surface area contributed by atoms with Crippen molar-refractivity contribution < 1.29 is 18.3 Å². The van der Waals surface area contributed by atoms with Crippen LogP contribution in [0.5, 0.6) is 0 Å². The van der Waals surface area contributed by atoms with E-state index in [1.807, 2.05) is 0 Å². The van der Waals surface area contributed by atoms with E-state index < -0.39 is 18.0 Å². The molecule has 1 aromatic rings. The van der Waals surface area contributed by atoms with Crippen LogP contribution in [0.1, 0.15) is 23.2 Å². The highest BCUT2D eigenvalue weighted by atomic mass is 35.5.